The van der Waals surface area contributed by atoms with Gasteiger partial charge in [-0.3, -0.25) is 0 Å². The smallest absolute Gasteiger partial charge is 0.126 e. The van der Waals surface area contributed by atoms with Gasteiger partial charge in [-0.25, -0.2) is 8.78 Å². The number of halogens is 2. The lowest BCUT2D eigenvalue weighted by atomic mass is 9.96. The first kappa shape index (κ1) is 31.4. The second-order valence-corrected chi connectivity index (χ2v) is 13.6. The number of hydrogen-bond donors (Lipinski definition) is 0. The molecule has 0 saturated heterocycles. The van der Waals surface area contributed by atoms with Crippen LogP contribution in [0.15, 0.2) is 176 Å². The molecule has 0 atom stereocenters. The van der Waals surface area contributed by atoms with E-state index in [1.165, 1.54) is 22.9 Å². The molecular formula is C49H29F2N3. The Kier molecular flexibility index (Phi) is 7.24. The zero-order chi connectivity index (χ0) is 36.3. The Hall–Kier alpha value is -7.29. The first-order valence-electron chi connectivity index (χ1n) is 17.8. The van der Waals surface area contributed by atoms with Gasteiger partial charge in [0.05, 0.1) is 39.4 Å². The van der Waals surface area contributed by atoms with E-state index in [-0.39, 0.29) is 0 Å². The van der Waals surface area contributed by atoms with Gasteiger partial charge >= 0.3 is 0 Å². The minimum absolute atomic E-state index is 0.359. The average molecular weight is 698 g/mol. The van der Waals surface area contributed by atoms with Crippen LogP contribution < -0.4 is 0 Å². The summed E-state index contributed by atoms with van der Waals surface area (Å²) in [5, 5.41) is 14.3. The zero-order valence-corrected chi connectivity index (χ0v) is 28.8. The maximum Gasteiger partial charge on any atom is 0.126 e. The first-order valence-corrected chi connectivity index (χ1v) is 17.8. The van der Waals surface area contributed by atoms with Crippen LogP contribution in [-0.2, 0) is 0 Å². The van der Waals surface area contributed by atoms with Crippen LogP contribution >= 0.6 is 0 Å². The number of fused-ring (bicyclic) bond motifs is 6. The quantitative estimate of drug-likeness (QED) is 0.176. The Morgan fingerprint density at radius 1 is 0.389 bits per heavy atom. The lowest BCUT2D eigenvalue weighted by Gasteiger charge is -2.16. The highest BCUT2D eigenvalue weighted by Crippen LogP contribution is 2.40. The van der Waals surface area contributed by atoms with Crippen molar-refractivity contribution < 1.29 is 8.78 Å². The van der Waals surface area contributed by atoms with E-state index in [2.05, 4.69) is 137 Å². The lowest BCUT2D eigenvalue weighted by molar-refractivity contribution is 0.584. The SMILES string of the molecule is N#Cc1ccc(-n2c3ccccc3c3cc(-c4cc(-c5ccccc5)cc(-n5c6ccccc6c6ccccc65)c4)ccc32)c(-c2cc(F)cc(F)c2)c1. The molecule has 5 heteroatoms. The summed E-state index contributed by atoms with van der Waals surface area (Å²) in [7, 11) is 0. The minimum Gasteiger partial charge on any atom is -0.309 e. The maximum atomic E-state index is 14.6. The topological polar surface area (TPSA) is 33.6 Å². The Bertz CT molecular complexity index is 3070. The maximum absolute atomic E-state index is 14.6. The van der Waals surface area contributed by atoms with Gasteiger partial charge in [0.25, 0.3) is 0 Å². The molecule has 0 saturated carbocycles. The molecule has 0 amide bonds. The predicted molar refractivity (Wildman–Crippen MR) is 216 cm³/mol. The van der Waals surface area contributed by atoms with Crippen LogP contribution in [0.25, 0.3) is 88.4 Å². The Morgan fingerprint density at radius 3 is 1.59 bits per heavy atom. The van der Waals surface area contributed by atoms with Crippen molar-refractivity contribution in [3.63, 3.8) is 0 Å². The van der Waals surface area contributed by atoms with Crippen LogP contribution in [0.5, 0.6) is 0 Å². The third-order valence-corrected chi connectivity index (χ3v) is 10.4. The fourth-order valence-electron chi connectivity index (χ4n) is 8.06. The molecule has 0 radical (unpaired) electrons. The van der Waals surface area contributed by atoms with E-state index in [4.69, 9.17) is 0 Å². The minimum atomic E-state index is -0.678. The van der Waals surface area contributed by atoms with Crippen LogP contribution in [0, 0.1) is 23.0 Å². The number of benzene rings is 8. The van der Waals surface area contributed by atoms with E-state index in [0.717, 1.165) is 72.5 Å². The molecule has 0 aliphatic heterocycles. The second kappa shape index (κ2) is 12.4. The molecule has 0 aliphatic rings. The molecular weight excluding hydrogens is 669 g/mol. The van der Waals surface area contributed by atoms with Crippen molar-refractivity contribution in [2.45, 2.75) is 0 Å². The van der Waals surface area contributed by atoms with E-state index in [1.54, 1.807) is 12.1 Å². The fraction of sp³-hybridized carbons (Fsp3) is 0. The van der Waals surface area contributed by atoms with E-state index < -0.39 is 11.6 Å². The highest BCUT2D eigenvalue weighted by molar-refractivity contribution is 6.12. The zero-order valence-electron chi connectivity index (χ0n) is 28.8. The molecule has 10 aromatic rings. The van der Waals surface area contributed by atoms with E-state index in [1.807, 2.05) is 24.3 Å². The summed E-state index contributed by atoms with van der Waals surface area (Å²) in [5.74, 6) is -1.36. The van der Waals surface area contributed by atoms with E-state index >= 15 is 0 Å². The number of para-hydroxylation sites is 3. The van der Waals surface area contributed by atoms with Crippen LogP contribution in [0.2, 0.25) is 0 Å². The number of aromatic nitrogens is 2. The van der Waals surface area contributed by atoms with Gasteiger partial charge in [0.1, 0.15) is 11.6 Å². The largest absolute Gasteiger partial charge is 0.309 e. The predicted octanol–water partition coefficient (Wildman–Crippen LogP) is 13.0. The molecule has 2 heterocycles. The van der Waals surface area contributed by atoms with Gasteiger partial charge in [-0.15, -0.1) is 0 Å². The van der Waals surface area contributed by atoms with Gasteiger partial charge in [0.2, 0.25) is 0 Å². The molecule has 8 aromatic carbocycles. The van der Waals surface area contributed by atoms with Gasteiger partial charge in [0.15, 0.2) is 0 Å². The lowest BCUT2D eigenvalue weighted by Crippen LogP contribution is -1.99. The summed E-state index contributed by atoms with van der Waals surface area (Å²) < 4.78 is 33.6. The molecule has 0 N–H and O–H groups in total. The van der Waals surface area contributed by atoms with Gasteiger partial charge in [-0.1, -0.05) is 91.0 Å². The third-order valence-electron chi connectivity index (χ3n) is 10.4. The molecule has 2 aromatic heterocycles. The number of hydrogen-bond acceptors (Lipinski definition) is 1. The summed E-state index contributed by atoms with van der Waals surface area (Å²) in [5.41, 5.74) is 11.6. The van der Waals surface area contributed by atoms with Crippen molar-refractivity contribution >= 4 is 43.6 Å². The second-order valence-electron chi connectivity index (χ2n) is 13.6. The molecule has 0 aliphatic carbocycles. The normalized spacial score (nSPS) is 11.5. The highest BCUT2D eigenvalue weighted by atomic mass is 19.1. The standard InChI is InChI=1S/C49H29F2N3/c50-37-24-36(25-38(51)29-37)43-22-31(30-52)18-20-48(43)54-47-17-9-6-14-42(47)44-28-33(19-21-49(44)54)35-23-34(32-10-2-1-3-11-32)26-39(27-35)53-45-15-7-4-12-40(45)41-13-5-8-16-46(41)53/h1-29H. The first-order chi connectivity index (χ1) is 26.5. The molecule has 254 valence electrons. The molecule has 3 nitrogen and oxygen atoms in total. The van der Waals surface area contributed by atoms with E-state index in [0.29, 0.717) is 16.7 Å². The molecule has 54 heavy (non-hydrogen) atoms. The van der Waals surface area contributed by atoms with Crippen molar-refractivity contribution in [1.29, 1.82) is 5.26 Å². The Labute approximate surface area is 309 Å². The Morgan fingerprint density at radius 2 is 0.944 bits per heavy atom. The summed E-state index contributed by atoms with van der Waals surface area (Å²) >= 11 is 0. The molecule has 0 fully saturated rings. The van der Waals surface area contributed by atoms with Gasteiger partial charge in [-0.2, -0.15) is 5.26 Å². The van der Waals surface area contributed by atoms with Crippen molar-refractivity contribution in [2.75, 3.05) is 0 Å². The van der Waals surface area contributed by atoms with Gasteiger partial charge in [-0.05, 0) is 107 Å². The summed E-state index contributed by atoms with van der Waals surface area (Å²) in [4.78, 5) is 0. The summed E-state index contributed by atoms with van der Waals surface area (Å²) in [6.45, 7) is 0. The van der Waals surface area contributed by atoms with Crippen LogP contribution in [0.1, 0.15) is 5.56 Å². The molecule has 0 bridgehead atoms. The monoisotopic (exact) mass is 697 g/mol. The van der Waals surface area contributed by atoms with Crippen LogP contribution in [0.4, 0.5) is 8.78 Å². The summed E-state index contributed by atoms with van der Waals surface area (Å²) in [6.07, 6.45) is 0. The molecule has 0 spiro atoms. The van der Waals surface area contributed by atoms with Crippen molar-refractivity contribution in [3.8, 4) is 50.8 Å². The number of nitriles is 1. The Balaban J connectivity index is 1.22. The molecule has 10 rings (SSSR count). The number of rotatable bonds is 5. The third kappa shape index (κ3) is 5.08. The average Bonchev–Trinajstić information content (AvgIpc) is 3.73. The van der Waals surface area contributed by atoms with E-state index in [9.17, 15) is 14.0 Å². The molecule has 0 unspecified atom stereocenters. The van der Waals surface area contributed by atoms with Crippen molar-refractivity contribution in [1.82, 2.24) is 9.13 Å². The fourth-order valence-corrected chi connectivity index (χ4v) is 8.06. The van der Waals surface area contributed by atoms with Crippen molar-refractivity contribution in [3.05, 3.63) is 193 Å². The number of nitrogens with zero attached hydrogens (tertiary/aromatic N) is 3. The summed E-state index contributed by atoms with van der Waals surface area (Å²) in [6, 6.07) is 60.0. The van der Waals surface area contributed by atoms with Crippen molar-refractivity contribution in [2.24, 2.45) is 0 Å². The van der Waals surface area contributed by atoms with Crippen LogP contribution in [-0.4, -0.2) is 9.13 Å². The highest BCUT2D eigenvalue weighted by Gasteiger charge is 2.19. The van der Waals surface area contributed by atoms with Gasteiger partial charge < -0.3 is 9.13 Å². The van der Waals surface area contributed by atoms with Crippen LogP contribution in [0.3, 0.4) is 0 Å². The van der Waals surface area contributed by atoms with Gasteiger partial charge in [0, 0.05) is 38.9 Å².